The van der Waals surface area contributed by atoms with Crippen LogP contribution in [-0.2, 0) is 10.0 Å². The van der Waals surface area contributed by atoms with Gasteiger partial charge in [-0.3, -0.25) is 14.5 Å². The number of nitrogens with zero attached hydrogens (tertiary/aromatic N) is 3. The first-order valence-corrected chi connectivity index (χ1v) is 10.1. The highest BCUT2D eigenvalue weighted by Crippen LogP contribution is 2.26. The van der Waals surface area contributed by atoms with Crippen molar-refractivity contribution in [1.82, 2.24) is 9.97 Å². The van der Waals surface area contributed by atoms with Crippen LogP contribution >= 0.6 is 0 Å². The molecular formula is C19H14F2N4O3S. The molecule has 0 fully saturated rings. The van der Waals surface area contributed by atoms with Gasteiger partial charge < -0.3 is 4.85 Å². The molecule has 0 aliphatic carbocycles. The largest absolute Gasteiger partial charge is 0.359 e. The predicted molar refractivity (Wildman–Crippen MR) is 103 cm³/mol. The first-order chi connectivity index (χ1) is 13.8. The predicted octanol–water partition coefficient (Wildman–Crippen LogP) is 3.84. The van der Waals surface area contributed by atoms with E-state index in [-0.39, 0.29) is 22.7 Å². The molecule has 10 heteroatoms. The maximum Gasteiger partial charge on any atom is 0.288 e. The summed E-state index contributed by atoms with van der Waals surface area (Å²) in [5.74, 6) is -3.68. The molecule has 0 atom stereocenters. The smallest absolute Gasteiger partial charge is 0.288 e. The fourth-order valence-corrected chi connectivity index (χ4v) is 3.80. The summed E-state index contributed by atoms with van der Waals surface area (Å²) in [6.07, 6.45) is 1.57. The third kappa shape index (κ3) is 4.20. The summed E-state index contributed by atoms with van der Waals surface area (Å²) in [7, 11) is -3.83. The molecule has 3 aromatic rings. The average Bonchev–Trinajstić information content (AvgIpc) is 2.69. The number of ketones is 1. The molecule has 1 N–H and O–H groups in total. The van der Waals surface area contributed by atoms with Gasteiger partial charge in [0, 0.05) is 11.6 Å². The Morgan fingerprint density at radius 3 is 2.66 bits per heavy atom. The van der Waals surface area contributed by atoms with Crippen LogP contribution in [0, 0.1) is 18.2 Å². The molecule has 0 bridgehead atoms. The Bertz CT molecular complexity index is 1270. The molecule has 3 rings (SSSR count). The minimum atomic E-state index is -3.83. The van der Waals surface area contributed by atoms with E-state index in [0.717, 1.165) is 12.1 Å². The number of rotatable bonds is 6. The van der Waals surface area contributed by atoms with Gasteiger partial charge in [0.1, 0.15) is 11.3 Å². The van der Waals surface area contributed by atoms with Crippen LogP contribution in [0.15, 0.2) is 36.5 Å². The minimum Gasteiger partial charge on any atom is -0.359 e. The molecule has 0 aliphatic heterocycles. The Labute approximate surface area is 165 Å². The van der Waals surface area contributed by atoms with Crippen molar-refractivity contribution >= 4 is 38.3 Å². The van der Waals surface area contributed by atoms with Crippen LogP contribution in [0.25, 0.3) is 15.9 Å². The molecular weight excluding hydrogens is 402 g/mol. The first kappa shape index (κ1) is 20.3. The third-order valence-corrected chi connectivity index (χ3v) is 5.44. The standard InChI is InChI=1S/C19H14F2N4O3S/c1-3-8-29(27,28)25-14-7-5-12(20)17(18(14)21)19(26)11-4-6-13-15(9-11)24-16(22-2)10-23-13/h4-7,9-10,25H,3,8H2,1H3. The van der Waals surface area contributed by atoms with E-state index in [2.05, 4.69) is 14.8 Å². The number of fused-ring (bicyclic) bond motifs is 1. The highest BCUT2D eigenvalue weighted by molar-refractivity contribution is 7.92. The second-order valence-corrected chi connectivity index (χ2v) is 7.92. The summed E-state index contributed by atoms with van der Waals surface area (Å²) >= 11 is 0. The van der Waals surface area contributed by atoms with Crippen molar-refractivity contribution < 1.29 is 22.0 Å². The van der Waals surface area contributed by atoms with Gasteiger partial charge in [-0.2, -0.15) is 0 Å². The molecule has 7 nitrogen and oxygen atoms in total. The van der Waals surface area contributed by atoms with Crippen molar-refractivity contribution in [3.05, 3.63) is 70.7 Å². The van der Waals surface area contributed by atoms with Gasteiger partial charge in [0.25, 0.3) is 5.82 Å². The van der Waals surface area contributed by atoms with Crippen LogP contribution in [0.1, 0.15) is 29.3 Å². The quantitative estimate of drug-likeness (QED) is 0.487. The average molecular weight is 416 g/mol. The van der Waals surface area contributed by atoms with Gasteiger partial charge in [0.2, 0.25) is 10.0 Å². The van der Waals surface area contributed by atoms with E-state index < -0.39 is 38.7 Å². The van der Waals surface area contributed by atoms with E-state index in [1.165, 1.54) is 24.4 Å². The zero-order valence-electron chi connectivity index (χ0n) is 15.1. The number of hydrogen-bond donors (Lipinski definition) is 1. The van der Waals surface area contributed by atoms with Crippen molar-refractivity contribution in [1.29, 1.82) is 0 Å². The van der Waals surface area contributed by atoms with Crippen molar-refractivity contribution in [2.45, 2.75) is 13.3 Å². The van der Waals surface area contributed by atoms with Crippen LogP contribution in [-0.4, -0.2) is 29.9 Å². The number of aromatic nitrogens is 2. The Morgan fingerprint density at radius 1 is 1.21 bits per heavy atom. The van der Waals surface area contributed by atoms with Crippen molar-refractivity contribution in [3.8, 4) is 0 Å². The maximum atomic E-state index is 14.8. The Morgan fingerprint density at radius 2 is 1.97 bits per heavy atom. The van der Waals surface area contributed by atoms with Gasteiger partial charge in [0.15, 0.2) is 17.1 Å². The number of nitrogens with one attached hydrogen (secondary N) is 1. The molecule has 148 valence electrons. The van der Waals surface area contributed by atoms with Gasteiger partial charge in [0.05, 0.1) is 23.2 Å². The molecule has 0 saturated carbocycles. The van der Waals surface area contributed by atoms with E-state index in [1.54, 1.807) is 6.92 Å². The SMILES string of the molecule is [C-]#[N+]c1cnc2ccc(C(=O)c3c(F)ccc(NS(=O)(=O)CCC)c3F)cc2n1. The molecule has 29 heavy (non-hydrogen) atoms. The second-order valence-electron chi connectivity index (χ2n) is 6.08. The molecule has 0 spiro atoms. The molecule has 1 aromatic heterocycles. The molecule has 0 aliphatic rings. The fourth-order valence-electron chi connectivity index (χ4n) is 2.67. The number of carbonyl (C=O) groups is 1. The third-order valence-electron chi connectivity index (χ3n) is 3.96. The lowest BCUT2D eigenvalue weighted by Crippen LogP contribution is -2.18. The Hall–Kier alpha value is -3.45. The number of sulfonamides is 1. The zero-order chi connectivity index (χ0) is 21.2. The highest BCUT2D eigenvalue weighted by Gasteiger charge is 2.24. The van der Waals surface area contributed by atoms with E-state index in [0.29, 0.717) is 11.9 Å². The summed E-state index contributed by atoms with van der Waals surface area (Å²) in [5, 5.41) is 0. The zero-order valence-corrected chi connectivity index (χ0v) is 15.9. The Balaban J connectivity index is 2.06. The van der Waals surface area contributed by atoms with Gasteiger partial charge in [-0.15, -0.1) is 4.98 Å². The van der Waals surface area contributed by atoms with Crippen LogP contribution in [0.3, 0.4) is 0 Å². The van der Waals surface area contributed by atoms with Gasteiger partial charge in [-0.25, -0.2) is 17.2 Å². The van der Waals surface area contributed by atoms with Crippen molar-refractivity contribution in [2.75, 3.05) is 10.5 Å². The summed E-state index contributed by atoms with van der Waals surface area (Å²) < 4.78 is 54.9. The van der Waals surface area contributed by atoms with E-state index in [1.807, 2.05) is 4.72 Å². The highest BCUT2D eigenvalue weighted by atomic mass is 32.2. The second kappa shape index (κ2) is 7.89. The van der Waals surface area contributed by atoms with Crippen LogP contribution < -0.4 is 4.72 Å². The van der Waals surface area contributed by atoms with E-state index >= 15 is 0 Å². The summed E-state index contributed by atoms with van der Waals surface area (Å²) in [6, 6.07) is 5.77. The number of halogens is 2. The monoisotopic (exact) mass is 416 g/mol. The molecule has 0 radical (unpaired) electrons. The van der Waals surface area contributed by atoms with Crippen molar-refractivity contribution in [3.63, 3.8) is 0 Å². The topological polar surface area (TPSA) is 93.4 Å². The molecule has 0 amide bonds. The van der Waals surface area contributed by atoms with Crippen LogP contribution in [0.5, 0.6) is 0 Å². The summed E-state index contributed by atoms with van der Waals surface area (Å²) in [6.45, 7) is 8.61. The lowest BCUT2D eigenvalue weighted by Gasteiger charge is -2.11. The molecule has 2 aromatic carbocycles. The summed E-state index contributed by atoms with van der Waals surface area (Å²) in [5.41, 5.74) is -0.879. The molecule has 1 heterocycles. The molecule has 0 saturated heterocycles. The Kier molecular flexibility index (Phi) is 5.52. The van der Waals surface area contributed by atoms with Gasteiger partial charge in [-0.05, 0) is 30.7 Å². The number of hydrogen-bond acceptors (Lipinski definition) is 5. The number of anilines is 1. The van der Waals surface area contributed by atoms with Crippen LogP contribution in [0.4, 0.5) is 20.3 Å². The van der Waals surface area contributed by atoms with Crippen LogP contribution in [0.2, 0.25) is 0 Å². The van der Waals surface area contributed by atoms with E-state index in [4.69, 9.17) is 6.57 Å². The van der Waals surface area contributed by atoms with E-state index in [9.17, 15) is 22.0 Å². The lowest BCUT2D eigenvalue weighted by atomic mass is 10.0. The minimum absolute atomic E-state index is 0.00629. The lowest BCUT2D eigenvalue weighted by molar-refractivity contribution is 0.103. The fraction of sp³-hybridized carbons (Fsp3) is 0.158. The maximum absolute atomic E-state index is 14.8. The van der Waals surface area contributed by atoms with Crippen molar-refractivity contribution in [2.24, 2.45) is 0 Å². The van der Waals surface area contributed by atoms with Gasteiger partial charge in [-0.1, -0.05) is 13.5 Å². The number of carbonyl (C=O) groups excluding carboxylic acids is 1. The molecule has 0 unspecified atom stereocenters. The number of benzene rings is 2. The van der Waals surface area contributed by atoms with Gasteiger partial charge >= 0.3 is 0 Å². The normalized spacial score (nSPS) is 11.2. The first-order valence-electron chi connectivity index (χ1n) is 8.43. The summed E-state index contributed by atoms with van der Waals surface area (Å²) in [4.78, 5) is 23.9.